The van der Waals surface area contributed by atoms with Crippen molar-refractivity contribution in [3.63, 3.8) is 0 Å². The molecule has 1 N–H and O–H groups in total. The van der Waals surface area contributed by atoms with Crippen LogP contribution in [0.1, 0.15) is 40.5 Å². The van der Waals surface area contributed by atoms with Crippen LogP contribution in [0.15, 0.2) is 0 Å². The highest BCUT2D eigenvalue weighted by molar-refractivity contribution is 6.20. The second kappa shape index (κ2) is 7.48. The quantitative estimate of drug-likeness (QED) is 0.508. The van der Waals surface area contributed by atoms with E-state index in [4.69, 9.17) is 11.6 Å². The minimum absolute atomic E-state index is 0.222. The Morgan fingerprint density at radius 1 is 1.20 bits per heavy atom. The van der Waals surface area contributed by atoms with Crippen molar-refractivity contribution < 1.29 is 9.59 Å². The Hall–Kier alpha value is 0.210. The Kier molecular flexibility index (Phi) is 7.58. The van der Waals surface area contributed by atoms with E-state index in [1.807, 2.05) is 6.92 Å². The highest BCUT2D eigenvalue weighted by Crippen LogP contribution is 2.14. The molecule has 2 atom stereocenters. The number of rotatable bonds is 8. The predicted octanol–water partition coefficient (Wildman–Crippen LogP) is 2.63. The van der Waals surface area contributed by atoms with Crippen LogP contribution in [0.4, 0.5) is 0 Å². The lowest BCUT2D eigenvalue weighted by Gasteiger charge is -2.38. The minimum atomic E-state index is -0.222. The van der Waals surface area contributed by atoms with E-state index in [0.717, 1.165) is 43.5 Å². The van der Waals surface area contributed by atoms with E-state index < -0.39 is 0 Å². The molecule has 0 spiro atoms. The summed E-state index contributed by atoms with van der Waals surface area (Å²) in [5, 5.41) is 9.81. The number of hydrogen-bond donors (Lipinski definition) is 1. The molecule has 2 nitrogen and oxygen atoms in total. The topological polar surface area (TPSA) is 20.2 Å². The van der Waals surface area contributed by atoms with Crippen LogP contribution in [0.2, 0.25) is 0 Å². The van der Waals surface area contributed by atoms with Crippen molar-refractivity contribution in [2.24, 2.45) is 0 Å². The Morgan fingerprint density at radius 3 is 2.07 bits per heavy atom. The molecule has 0 saturated carbocycles. The first-order valence-corrected chi connectivity index (χ1v) is 6.60. The van der Waals surface area contributed by atoms with Crippen molar-refractivity contribution in [3.8, 4) is 0 Å². The number of nitrogens with zero attached hydrogens (tertiary/aromatic N) is 1. The Bertz CT molecular complexity index is 158. The molecule has 92 valence electrons. The van der Waals surface area contributed by atoms with E-state index in [-0.39, 0.29) is 11.5 Å². The van der Waals surface area contributed by atoms with Gasteiger partial charge in [-0.1, -0.05) is 6.92 Å². The lowest BCUT2D eigenvalue weighted by atomic mass is 10.2. The molecular formula is C12H27ClNO+. The summed E-state index contributed by atoms with van der Waals surface area (Å²) in [6.45, 7) is 12.5. The van der Waals surface area contributed by atoms with Crippen LogP contribution < -0.4 is 0 Å². The van der Waals surface area contributed by atoms with Crippen molar-refractivity contribution in [3.05, 3.63) is 0 Å². The number of alkyl halides is 1. The summed E-state index contributed by atoms with van der Waals surface area (Å²) in [6.07, 6.45) is 1.86. The van der Waals surface area contributed by atoms with Crippen molar-refractivity contribution in [2.75, 3.05) is 26.2 Å². The number of quaternary nitrogens is 1. The van der Waals surface area contributed by atoms with Crippen LogP contribution >= 0.6 is 11.6 Å². The number of aliphatic hydroxyl groups excluding tert-OH is 1. The molecule has 3 heteroatoms. The maximum absolute atomic E-state index is 9.52. The smallest absolute Gasteiger partial charge is 0.105 e. The van der Waals surface area contributed by atoms with Crippen molar-refractivity contribution >= 4 is 11.6 Å². The van der Waals surface area contributed by atoms with E-state index in [1.165, 1.54) is 0 Å². The average Bonchev–Trinajstić information content (AvgIpc) is 2.23. The number of halogens is 1. The molecule has 0 aromatic heterocycles. The molecule has 0 saturated heterocycles. The maximum Gasteiger partial charge on any atom is 0.105 e. The Labute approximate surface area is 99.8 Å². The van der Waals surface area contributed by atoms with Gasteiger partial charge in [0.1, 0.15) is 12.6 Å². The van der Waals surface area contributed by atoms with Gasteiger partial charge in [0.2, 0.25) is 0 Å². The lowest BCUT2D eigenvalue weighted by Crippen LogP contribution is -2.52. The molecule has 15 heavy (non-hydrogen) atoms. The fourth-order valence-electron chi connectivity index (χ4n) is 2.07. The maximum atomic E-state index is 9.52. The van der Waals surface area contributed by atoms with Gasteiger partial charge in [-0.2, -0.15) is 0 Å². The monoisotopic (exact) mass is 236 g/mol. The molecule has 0 aromatic rings. The van der Waals surface area contributed by atoms with Crippen molar-refractivity contribution in [1.29, 1.82) is 0 Å². The third kappa shape index (κ3) is 5.74. The SMILES string of the molecule is CCC(Cl)CC[N+](CC)(CC)CC(C)O. The molecular weight excluding hydrogens is 210 g/mol. The first kappa shape index (κ1) is 15.2. The molecule has 0 radical (unpaired) electrons. The molecule has 0 rings (SSSR count). The summed E-state index contributed by atoms with van der Waals surface area (Å²) in [6, 6.07) is 0. The molecule has 0 bridgehead atoms. The van der Waals surface area contributed by atoms with Crippen molar-refractivity contribution in [2.45, 2.75) is 52.0 Å². The minimum Gasteiger partial charge on any atom is -0.388 e. The molecule has 0 aliphatic rings. The summed E-state index contributed by atoms with van der Waals surface area (Å²) >= 11 is 6.15. The summed E-state index contributed by atoms with van der Waals surface area (Å²) in [4.78, 5) is 0. The molecule has 0 fully saturated rings. The van der Waals surface area contributed by atoms with Gasteiger partial charge in [-0.3, -0.25) is 0 Å². The molecule has 0 heterocycles. The van der Waals surface area contributed by atoms with Crippen LogP contribution in [0.5, 0.6) is 0 Å². The number of likely N-dealkylation sites (N-methyl/N-ethyl adjacent to an activating group) is 1. The van der Waals surface area contributed by atoms with Gasteiger partial charge >= 0.3 is 0 Å². The summed E-state index contributed by atoms with van der Waals surface area (Å²) < 4.78 is 0.987. The van der Waals surface area contributed by atoms with E-state index in [9.17, 15) is 5.11 Å². The van der Waals surface area contributed by atoms with Crippen LogP contribution in [0.3, 0.4) is 0 Å². The summed E-state index contributed by atoms with van der Waals surface area (Å²) in [5.41, 5.74) is 0. The second-order valence-electron chi connectivity index (χ2n) is 4.52. The number of hydrogen-bond acceptors (Lipinski definition) is 1. The standard InChI is InChI=1S/C12H27ClNO/c1-5-12(13)8-9-14(6-2,7-3)10-11(4)15/h11-12,15H,5-10H2,1-4H3/q+1. The second-order valence-corrected chi connectivity index (χ2v) is 5.14. The zero-order chi connectivity index (χ0) is 11.9. The highest BCUT2D eigenvalue weighted by atomic mass is 35.5. The fourth-order valence-corrected chi connectivity index (χ4v) is 2.17. The van der Waals surface area contributed by atoms with Gasteiger partial charge < -0.3 is 9.59 Å². The normalized spacial score (nSPS) is 16.4. The zero-order valence-electron chi connectivity index (χ0n) is 10.7. The van der Waals surface area contributed by atoms with E-state index in [0.29, 0.717) is 0 Å². The van der Waals surface area contributed by atoms with Crippen LogP contribution in [0.25, 0.3) is 0 Å². The van der Waals surface area contributed by atoms with Gasteiger partial charge in [-0.25, -0.2) is 0 Å². The summed E-state index contributed by atoms with van der Waals surface area (Å²) in [5.74, 6) is 0. The van der Waals surface area contributed by atoms with Gasteiger partial charge in [-0.05, 0) is 27.2 Å². The molecule has 0 aromatic carbocycles. The van der Waals surface area contributed by atoms with Crippen LogP contribution in [0, 0.1) is 0 Å². The Balaban J connectivity index is 4.23. The molecule has 2 unspecified atom stereocenters. The first-order chi connectivity index (χ1) is 6.99. The molecule has 0 aliphatic carbocycles. The van der Waals surface area contributed by atoms with Gasteiger partial charge in [0.05, 0.1) is 19.6 Å². The van der Waals surface area contributed by atoms with Crippen LogP contribution in [-0.2, 0) is 0 Å². The van der Waals surface area contributed by atoms with Crippen LogP contribution in [-0.4, -0.2) is 47.2 Å². The van der Waals surface area contributed by atoms with Gasteiger partial charge in [0.25, 0.3) is 0 Å². The third-order valence-corrected chi connectivity index (χ3v) is 3.88. The van der Waals surface area contributed by atoms with Gasteiger partial charge in [0.15, 0.2) is 0 Å². The first-order valence-electron chi connectivity index (χ1n) is 6.16. The molecule has 0 amide bonds. The lowest BCUT2D eigenvalue weighted by molar-refractivity contribution is -0.927. The highest BCUT2D eigenvalue weighted by Gasteiger charge is 2.25. The molecule has 0 aliphatic heterocycles. The van der Waals surface area contributed by atoms with Gasteiger partial charge in [-0.15, -0.1) is 11.6 Å². The van der Waals surface area contributed by atoms with E-state index in [2.05, 4.69) is 20.8 Å². The fraction of sp³-hybridized carbons (Fsp3) is 1.00. The van der Waals surface area contributed by atoms with E-state index >= 15 is 0 Å². The number of aliphatic hydroxyl groups is 1. The van der Waals surface area contributed by atoms with Crippen molar-refractivity contribution in [1.82, 2.24) is 0 Å². The third-order valence-electron chi connectivity index (χ3n) is 3.35. The van der Waals surface area contributed by atoms with E-state index in [1.54, 1.807) is 0 Å². The summed E-state index contributed by atoms with van der Waals surface area (Å²) in [7, 11) is 0. The average molecular weight is 237 g/mol. The Morgan fingerprint density at radius 2 is 1.73 bits per heavy atom. The largest absolute Gasteiger partial charge is 0.388 e. The zero-order valence-corrected chi connectivity index (χ0v) is 11.4. The predicted molar refractivity (Wildman–Crippen MR) is 67.3 cm³/mol. The van der Waals surface area contributed by atoms with Gasteiger partial charge in [0, 0.05) is 11.8 Å².